The molecule has 0 aromatic heterocycles. The van der Waals surface area contributed by atoms with Crippen molar-refractivity contribution in [2.45, 2.75) is 118 Å². The Hall–Kier alpha value is -0.420. The van der Waals surface area contributed by atoms with Crippen molar-refractivity contribution in [2.24, 2.45) is 56.7 Å². The highest BCUT2D eigenvalue weighted by atomic mass is 16.4. The standard InChI is InChI=1S/C30H50O4/c1-16-9-11-27(5)13-14-28(6)18(21(27)17(16)2)15-19(31)23-29(28,7)12-10-20-26(3,4)24(33)22(32)25(34)30(20,23)8/h15-17,19-25,31-34H,9-14H2,1-8H3/t16-,17+,19-,20?,21?,22+,23?,24+,25-,27-,28-,29-,30+/m1/s1. The average Bonchev–Trinajstić information content (AvgIpc) is 2.75. The minimum absolute atomic E-state index is 0.0298. The van der Waals surface area contributed by atoms with Gasteiger partial charge in [0.2, 0.25) is 0 Å². The van der Waals surface area contributed by atoms with Crippen molar-refractivity contribution in [3.63, 3.8) is 0 Å². The zero-order valence-electron chi connectivity index (χ0n) is 22.8. The van der Waals surface area contributed by atoms with Gasteiger partial charge >= 0.3 is 0 Å². The molecule has 0 aliphatic heterocycles. The Bertz CT molecular complexity index is 881. The fraction of sp³-hybridized carbons (Fsp3) is 0.933. The van der Waals surface area contributed by atoms with Gasteiger partial charge in [-0.05, 0) is 83.9 Å². The maximum absolute atomic E-state index is 12.0. The zero-order valence-corrected chi connectivity index (χ0v) is 22.8. The molecule has 4 saturated carbocycles. The van der Waals surface area contributed by atoms with Crippen molar-refractivity contribution in [1.82, 2.24) is 0 Å². The van der Waals surface area contributed by atoms with Crippen LogP contribution in [-0.2, 0) is 0 Å². The fourth-order valence-electron chi connectivity index (χ4n) is 11.0. The second kappa shape index (κ2) is 7.33. The van der Waals surface area contributed by atoms with E-state index in [4.69, 9.17) is 0 Å². The minimum atomic E-state index is -1.20. The molecule has 5 rings (SSSR count). The largest absolute Gasteiger partial charge is 0.390 e. The van der Waals surface area contributed by atoms with E-state index in [9.17, 15) is 20.4 Å². The summed E-state index contributed by atoms with van der Waals surface area (Å²) in [6.07, 6.45) is 5.13. The van der Waals surface area contributed by atoms with Crippen LogP contribution in [0.4, 0.5) is 0 Å². The molecular formula is C30H50O4. The Balaban J connectivity index is 1.67. The summed E-state index contributed by atoms with van der Waals surface area (Å²) >= 11 is 0. The summed E-state index contributed by atoms with van der Waals surface area (Å²) in [7, 11) is 0. The second-order valence-electron chi connectivity index (χ2n) is 15.0. The first-order chi connectivity index (χ1) is 15.6. The summed E-state index contributed by atoms with van der Waals surface area (Å²) in [6.45, 7) is 18.3. The van der Waals surface area contributed by atoms with E-state index in [-0.39, 0.29) is 22.7 Å². The summed E-state index contributed by atoms with van der Waals surface area (Å²) in [5.74, 6) is 1.65. The molecule has 4 fully saturated rings. The molecule has 5 aliphatic carbocycles. The normalized spacial score (nSPS) is 60.8. The van der Waals surface area contributed by atoms with Gasteiger partial charge in [0.05, 0.1) is 18.3 Å². The van der Waals surface area contributed by atoms with E-state index in [2.05, 4.69) is 47.6 Å². The molecule has 5 aliphatic rings. The summed E-state index contributed by atoms with van der Waals surface area (Å²) < 4.78 is 0. The predicted molar refractivity (Wildman–Crippen MR) is 135 cm³/mol. The van der Waals surface area contributed by atoms with Crippen molar-refractivity contribution >= 4 is 0 Å². The van der Waals surface area contributed by atoms with Gasteiger partial charge in [-0.25, -0.2) is 0 Å². The van der Waals surface area contributed by atoms with E-state index >= 15 is 0 Å². The highest BCUT2D eigenvalue weighted by molar-refractivity contribution is 5.36. The topological polar surface area (TPSA) is 80.9 Å². The lowest BCUT2D eigenvalue weighted by Crippen LogP contribution is -2.73. The van der Waals surface area contributed by atoms with Gasteiger partial charge in [-0.15, -0.1) is 0 Å². The number of hydrogen-bond donors (Lipinski definition) is 4. The van der Waals surface area contributed by atoms with Crippen LogP contribution in [0.5, 0.6) is 0 Å². The maximum atomic E-state index is 12.0. The Labute approximate surface area is 207 Å². The van der Waals surface area contributed by atoms with Crippen molar-refractivity contribution in [3.05, 3.63) is 11.6 Å². The SMILES string of the molecule is C[C@@H]1CC[C@]2(C)CC[C@]3(C)C(=C[C@@H](O)C4[C@]5(C)C(CC[C@]43C)C(C)(C)[C@@H](O)[C@H](O)[C@H]5O)C2[C@H]1C. The molecule has 0 heterocycles. The van der Waals surface area contributed by atoms with Crippen LogP contribution >= 0.6 is 0 Å². The van der Waals surface area contributed by atoms with Crippen molar-refractivity contribution in [1.29, 1.82) is 0 Å². The van der Waals surface area contributed by atoms with E-state index in [0.717, 1.165) is 19.3 Å². The van der Waals surface area contributed by atoms with Gasteiger partial charge in [-0.2, -0.15) is 0 Å². The van der Waals surface area contributed by atoms with Gasteiger partial charge in [0.1, 0.15) is 6.10 Å². The Morgan fingerprint density at radius 2 is 1.44 bits per heavy atom. The lowest BCUT2D eigenvalue weighted by atomic mass is 9.32. The van der Waals surface area contributed by atoms with E-state index in [1.54, 1.807) is 0 Å². The third kappa shape index (κ3) is 2.75. The van der Waals surface area contributed by atoms with Gasteiger partial charge in [0, 0.05) is 11.3 Å². The Morgan fingerprint density at radius 1 is 0.794 bits per heavy atom. The third-order valence-electron chi connectivity index (χ3n) is 13.5. The highest BCUT2D eigenvalue weighted by Crippen LogP contribution is 2.75. The number of hydrogen-bond acceptors (Lipinski definition) is 4. The van der Waals surface area contributed by atoms with Gasteiger partial charge in [-0.1, -0.05) is 67.0 Å². The molecule has 0 aromatic carbocycles. The van der Waals surface area contributed by atoms with E-state index in [1.807, 2.05) is 13.8 Å². The molecule has 0 saturated heterocycles. The van der Waals surface area contributed by atoms with Crippen LogP contribution in [0.25, 0.3) is 0 Å². The van der Waals surface area contributed by atoms with Crippen molar-refractivity contribution < 1.29 is 20.4 Å². The quantitative estimate of drug-likeness (QED) is 0.375. The molecule has 3 unspecified atom stereocenters. The monoisotopic (exact) mass is 474 g/mol. The first kappa shape index (κ1) is 25.2. The molecule has 194 valence electrons. The van der Waals surface area contributed by atoms with E-state index in [0.29, 0.717) is 23.2 Å². The number of rotatable bonds is 0. The molecule has 13 atom stereocenters. The van der Waals surface area contributed by atoms with Crippen LogP contribution in [0.1, 0.15) is 93.9 Å². The molecular weight excluding hydrogens is 424 g/mol. The number of aliphatic hydroxyl groups excluding tert-OH is 4. The molecule has 34 heavy (non-hydrogen) atoms. The first-order valence-electron chi connectivity index (χ1n) is 14.0. The van der Waals surface area contributed by atoms with Crippen LogP contribution in [0, 0.1) is 56.7 Å². The molecule has 4 N–H and O–H groups in total. The Morgan fingerprint density at radius 3 is 2.09 bits per heavy atom. The van der Waals surface area contributed by atoms with Crippen molar-refractivity contribution in [3.8, 4) is 0 Å². The first-order valence-corrected chi connectivity index (χ1v) is 14.0. The summed E-state index contributed by atoms with van der Waals surface area (Å²) in [5, 5.41) is 45.4. The molecule has 0 amide bonds. The lowest BCUT2D eigenvalue weighted by molar-refractivity contribution is -0.290. The maximum Gasteiger partial charge on any atom is 0.107 e. The van der Waals surface area contributed by atoms with Crippen LogP contribution in [-0.4, -0.2) is 44.8 Å². The zero-order chi connectivity index (χ0) is 25.2. The Kier molecular flexibility index (Phi) is 5.44. The second-order valence-corrected chi connectivity index (χ2v) is 15.0. The number of fused-ring (bicyclic) bond motifs is 7. The molecule has 0 radical (unpaired) electrons. The fourth-order valence-corrected chi connectivity index (χ4v) is 11.0. The molecule has 0 spiro atoms. The van der Waals surface area contributed by atoms with Gasteiger partial charge in [-0.3, -0.25) is 0 Å². The number of aliphatic hydroxyl groups is 4. The van der Waals surface area contributed by atoms with Crippen LogP contribution in [0.15, 0.2) is 11.6 Å². The van der Waals surface area contributed by atoms with E-state index < -0.39 is 35.2 Å². The smallest absolute Gasteiger partial charge is 0.107 e. The third-order valence-corrected chi connectivity index (χ3v) is 13.5. The van der Waals surface area contributed by atoms with E-state index in [1.165, 1.54) is 24.8 Å². The highest BCUT2D eigenvalue weighted by Gasteiger charge is 2.73. The van der Waals surface area contributed by atoms with Gasteiger partial charge in [0.25, 0.3) is 0 Å². The lowest BCUT2D eigenvalue weighted by Gasteiger charge is -2.73. The molecule has 0 aromatic rings. The van der Waals surface area contributed by atoms with Crippen LogP contribution in [0.3, 0.4) is 0 Å². The summed E-state index contributed by atoms with van der Waals surface area (Å²) in [4.78, 5) is 0. The molecule has 4 heteroatoms. The molecule has 4 nitrogen and oxygen atoms in total. The van der Waals surface area contributed by atoms with Gasteiger partial charge < -0.3 is 20.4 Å². The van der Waals surface area contributed by atoms with Gasteiger partial charge in [0.15, 0.2) is 0 Å². The minimum Gasteiger partial charge on any atom is -0.390 e. The van der Waals surface area contributed by atoms with Crippen molar-refractivity contribution in [2.75, 3.05) is 0 Å². The summed E-state index contributed by atoms with van der Waals surface area (Å²) in [5.41, 5.74) is 0.365. The van der Waals surface area contributed by atoms with Crippen LogP contribution in [0.2, 0.25) is 0 Å². The molecule has 0 bridgehead atoms. The van der Waals surface area contributed by atoms with Crippen LogP contribution < -0.4 is 0 Å². The predicted octanol–water partition coefficient (Wildman–Crippen LogP) is 4.94. The average molecular weight is 475 g/mol. The number of allylic oxidation sites excluding steroid dienone is 1. The summed E-state index contributed by atoms with van der Waals surface area (Å²) in [6, 6.07) is 0.